The molecule has 0 aromatic heterocycles. The van der Waals surface area contributed by atoms with E-state index in [0.717, 1.165) is 24.5 Å². The van der Waals surface area contributed by atoms with Crippen molar-refractivity contribution < 1.29 is 13.2 Å². The molecule has 3 rings (SSSR count). The van der Waals surface area contributed by atoms with Gasteiger partial charge in [0.05, 0.1) is 11.5 Å². The zero-order chi connectivity index (χ0) is 14.9. The number of hydrogen-bond acceptors (Lipinski definition) is 5. The van der Waals surface area contributed by atoms with Gasteiger partial charge in [0, 0.05) is 50.4 Å². The summed E-state index contributed by atoms with van der Waals surface area (Å²) in [4.78, 5) is 15.6. The van der Waals surface area contributed by atoms with E-state index < -0.39 is 9.84 Å². The van der Waals surface area contributed by atoms with Gasteiger partial charge in [0.2, 0.25) is 0 Å². The molecular weight excluding hydrogens is 288 g/mol. The molecule has 2 aliphatic heterocycles. The Morgan fingerprint density at radius 2 is 1.19 bits per heavy atom. The maximum absolute atomic E-state index is 11.5. The van der Waals surface area contributed by atoms with E-state index in [2.05, 4.69) is 21.9 Å². The summed E-state index contributed by atoms with van der Waals surface area (Å²) in [6.07, 6.45) is 1.26. The highest BCUT2D eigenvalue weighted by molar-refractivity contribution is 7.91. The van der Waals surface area contributed by atoms with Crippen molar-refractivity contribution in [1.29, 1.82) is 0 Å². The van der Waals surface area contributed by atoms with Gasteiger partial charge in [-0.05, 0) is 24.3 Å². The highest BCUT2D eigenvalue weighted by atomic mass is 32.2. The van der Waals surface area contributed by atoms with Crippen molar-refractivity contribution in [1.82, 2.24) is 0 Å². The van der Waals surface area contributed by atoms with Crippen LogP contribution in [0.2, 0.25) is 0 Å². The largest absolute Gasteiger partial charge is 0.371 e. The fraction of sp³-hybridized carbons (Fsp3) is 0.533. The molecule has 0 amide bonds. The molecule has 0 bridgehead atoms. The van der Waals surface area contributed by atoms with E-state index in [1.165, 1.54) is 0 Å². The highest BCUT2D eigenvalue weighted by Crippen LogP contribution is 2.24. The Hall–Kier alpha value is -1.56. The molecule has 2 saturated heterocycles. The van der Waals surface area contributed by atoms with Gasteiger partial charge in [-0.1, -0.05) is 0 Å². The standard InChI is InChI=1S/C15H20N2O3S/c18-15-5-7-16(8-6-15)13-1-3-14(4-2-13)17-9-11-21(19,20)12-10-17/h1-4H,5-12H2. The third-order valence-electron chi connectivity index (χ3n) is 4.25. The number of benzene rings is 1. The van der Waals surface area contributed by atoms with Crippen molar-refractivity contribution in [2.24, 2.45) is 0 Å². The van der Waals surface area contributed by atoms with Crippen LogP contribution >= 0.6 is 0 Å². The van der Waals surface area contributed by atoms with Crippen LogP contribution in [0.4, 0.5) is 11.4 Å². The number of carbonyl (C=O) groups excluding carboxylic acids is 1. The lowest BCUT2D eigenvalue weighted by molar-refractivity contribution is -0.119. The quantitative estimate of drug-likeness (QED) is 0.818. The van der Waals surface area contributed by atoms with E-state index in [4.69, 9.17) is 0 Å². The first-order valence-corrected chi connectivity index (χ1v) is 9.18. The van der Waals surface area contributed by atoms with Crippen molar-refractivity contribution in [2.45, 2.75) is 12.8 Å². The van der Waals surface area contributed by atoms with Crippen molar-refractivity contribution >= 4 is 27.0 Å². The first-order chi connectivity index (χ1) is 10.0. The lowest BCUT2D eigenvalue weighted by atomic mass is 10.1. The van der Waals surface area contributed by atoms with Gasteiger partial charge in [-0.3, -0.25) is 4.79 Å². The Morgan fingerprint density at radius 1 is 0.762 bits per heavy atom. The number of hydrogen-bond donors (Lipinski definition) is 0. The maximum atomic E-state index is 11.5. The molecule has 2 heterocycles. The Kier molecular flexibility index (Phi) is 3.89. The lowest BCUT2D eigenvalue weighted by Crippen LogP contribution is -2.40. The summed E-state index contributed by atoms with van der Waals surface area (Å²) in [5, 5.41) is 0. The lowest BCUT2D eigenvalue weighted by Gasteiger charge is -2.31. The summed E-state index contributed by atoms with van der Waals surface area (Å²) in [5.41, 5.74) is 2.21. The minimum absolute atomic E-state index is 0.239. The topological polar surface area (TPSA) is 57.7 Å². The second-order valence-electron chi connectivity index (χ2n) is 5.68. The van der Waals surface area contributed by atoms with Crippen LogP contribution in [0.3, 0.4) is 0 Å². The van der Waals surface area contributed by atoms with Gasteiger partial charge >= 0.3 is 0 Å². The molecule has 0 N–H and O–H groups in total. The first-order valence-electron chi connectivity index (χ1n) is 7.36. The predicted octanol–water partition coefficient (Wildman–Crippen LogP) is 1.09. The number of rotatable bonds is 2. The molecule has 6 heteroatoms. The Labute approximate surface area is 125 Å². The van der Waals surface area contributed by atoms with Crippen LogP contribution in [0.15, 0.2) is 24.3 Å². The summed E-state index contributed by atoms with van der Waals surface area (Å²) in [6.45, 7) is 2.72. The van der Waals surface area contributed by atoms with E-state index in [1.54, 1.807) is 0 Å². The summed E-state index contributed by atoms with van der Waals surface area (Å²) in [7, 11) is -2.84. The molecule has 21 heavy (non-hydrogen) atoms. The molecule has 0 spiro atoms. The zero-order valence-corrected chi connectivity index (χ0v) is 12.8. The second kappa shape index (κ2) is 5.67. The second-order valence-corrected chi connectivity index (χ2v) is 7.98. The molecule has 0 radical (unpaired) electrons. The van der Waals surface area contributed by atoms with Gasteiger partial charge in [0.25, 0.3) is 0 Å². The predicted molar refractivity (Wildman–Crippen MR) is 83.8 cm³/mol. The fourth-order valence-corrected chi connectivity index (χ4v) is 4.06. The molecule has 0 saturated carbocycles. The summed E-state index contributed by atoms with van der Waals surface area (Å²) in [5.74, 6) is 0.823. The van der Waals surface area contributed by atoms with Crippen LogP contribution in [-0.2, 0) is 14.6 Å². The van der Waals surface area contributed by atoms with Gasteiger partial charge in [-0.25, -0.2) is 8.42 Å². The third-order valence-corrected chi connectivity index (χ3v) is 5.85. The van der Waals surface area contributed by atoms with Crippen molar-refractivity contribution in [3.63, 3.8) is 0 Å². The van der Waals surface area contributed by atoms with E-state index in [9.17, 15) is 13.2 Å². The van der Waals surface area contributed by atoms with E-state index >= 15 is 0 Å². The number of Topliss-reactive ketones (excluding diaryl/α,β-unsaturated/α-hetero) is 1. The van der Waals surface area contributed by atoms with E-state index in [1.807, 2.05) is 12.1 Å². The van der Waals surface area contributed by atoms with Crippen LogP contribution in [-0.4, -0.2) is 51.9 Å². The molecular formula is C15H20N2O3S. The van der Waals surface area contributed by atoms with Crippen LogP contribution in [0, 0.1) is 0 Å². The minimum atomic E-state index is -2.84. The minimum Gasteiger partial charge on any atom is -0.371 e. The Bertz CT molecular complexity index is 601. The van der Waals surface area contributed by atoms with Crippen molar-refractivity contribution in [2.75, 3.05) is 47.5 Å². The third kappa shape index (κ3) is 3.37. The van der Waals surface area contributed by atoms with E-state index in [0.29, 0.717) is 31.7 Å². The summed E-state index contributed by atoms with van der Waals surface area (Å²) < 4.78 is 22.9. The SMILES string of the molecule is O=C1CCN(c2ccc(N3CCS(=O)(=O)CC3)cc2)CC1. The number of piperidine rings is 1. The van der Waals surface area contributed by atoms with Gasteiger partial charge in [-0.15, -0.1) is 0 Å². The van der Waals surface area contributed by atoms with Crippen LogP contribution in [0.25, 0.3) is 0 Å². The molecule has 0 aliphatic carbocycles. The zero-order valence-electron chi connectivity index (χ0n) is 12.0. The molecule has 5 nitrogen and oxygen atoms in total. The highest BCUT2D eigenvalue weighted by Gasteiger charge is 2.22. The average molecular weight is 308 g/mol. The molecule has 114 valence electrons. The monoisotopic (exact) mass is 308 g/mol. The summed E-state index contributed by atoms with van der Waals surface area (Å²) in [6, 6.07) is 8.22. The smallest absolute Gasteiger partial charge is 0.153 e. The van der Waals surface area contributed by atoms with Crippen LogP contribution in [0.1, 0.15) is 12.8 Å². The number of nitrogens with zero attached hydrogens (tertiary/aromatic N) is 2. The van der Waals surface area contributed by atoms with Gasteiger partial charge in [0.15, 0.2) is 9.84 Å². The normalized spacial score (nSPS) is 22.4. The number of anilines is 2. The van der Waals surface area contributed by atoms with Crippen LogP contribution < -0.4 is 9.80 Å². The number of ketones is 1. The van der Waals surface area contributed by atoms with Gasteiger partial charge in [0.1, 0.15) is 5.78 Å². The molecule has 2 fully saturated rings. The van der Waals surface area contributed by atoms with Crippen LogP contribution in [0.5, 0.6) is 0 Å². The van der Waals surface area contributed by atoms with Crippen molar-refractivity contribution in [3.8, 4) is 0 Å². The van der Waals surface area contributed by atoms with Gasteiger partial charge < -0.3 is 9.80 Å². The Morgan fingerprint density at radius 3 is 1.67 bits per heavy atom. The molecule has 0 atom stereocenters. The first kappa shape index (κ1) is 14.4. The number of carbonyl (C=O) groups is 1. The van der Waals surface area contributed by atoms with Crippen molar-refractivity contribution in [3.05, 3.63) is 24.3 Å². The molecule has 2 aliphatic rings. The van der Waals surface area contributed by atoms with Gasteiger partial charge in [-0.2, -0.15) is 0 Å². The Balaban J connectivity index is 1.66. The average Bonchev–Trinajstić information content (AvgIpc) is 2.48. The molecule has 1 aromatic carbocycles. The molecule has 1 aromatic rings. The van der Waals surface area contributed by atoms with E-state index in [-0.39, 0.29) is 11.5 Å². The maximum Gasteiger partial charge on any atom is 0.153 e. The summed E-state index contributed by atoms with van der Waals surface area (Å²) >= 11 is 0. The number of sulfone groups is 1. The molecule has 0 unspecified atom stereocenters. The fourth-order valence-electron chi connectivity index (χ4n) is 2.86.